The van der Waals surface area contributed by atoms with Gasteiger partial charge in [0.15, 0.2) is 0 Å². The van der Waals surface area contributed by atoms with E-state index in [0.29, 0.717) is 11.9 Å². The third-order valence-electron chi connectivity index (χ3n) is 4.61. The SMILES string of the molecule is CC(C)C(=O)N1CCC(NC2CCCC2C)CC1. The smallest absolute Gasteiger partial charge is 0.225 e. The van der Waals surface area contributed by atoms with E-state index in [-0.39, 0.29) is 5.92 Å². The molecule has 2 fully saturated rings. The minimum atomic E-state index is 0.143. The topological polar surface area (TPSA) is 32.3 Å². The Morgan fingerprint density at radius 1 is 1.17 bits per heavy atom. The van der Waals surface area contributed by atoms with E-state index < -0.39 is 0 Å². The number of likely N-dealkylation sites (tertiary alicyclic amines) is 1. The normalized spacial score (nSPS) is 30.1. The maximum absolute atomic E-state index is 11.9. The van der Waals surface area contributed by atoms with E-state index in [4.69, 9.17) is 0 Å². The summed E-state index contributed by atoms with van der Waals surface area (Å²) in [6.45, 7) is 8.23. The van der Waals surface area contributed by atoms with Crippen LogP contribution in [-0.2, 0) is 4.79 Å². The molecule has 2 rings (SSSR count). The van der Waals surface area contributed by atoms with E-state index in [2.05, 4.69) is 12.2 Å². The van der Waals surface area contributed by atoms with Crippen molar-refractivity contribution in [2.75, 3.05) is 13.1 Å². The van der Waals surface area contributed by atoms with E-state index in [1.807, 2.05) is 18.7 Å². The van der Waals surface area contributed by atoms with Gasteiger partial charge in [-0.05, 0) is 31.6 Å². The van der Waals surface area contributed by atoms with E-state index >= 15 is 0 Å². The minimum absolute atomic E-state index is 0.143. The molecule has 2 aliphatic rings. The van der Waals surface area contributed by atoms with Crippen LogP contribution in [0.25, 0.3) is 0 Å². The summed E-state index contributed by atoms with van der Waals surface area (Å²) in [6.07, 6.45) is 6.35. The summed E-state index contributed by atoms with van der Waals surface area (Å²) in [7, 11) is 0. The molecule has 0 bridgehead atoms. The second kappa shape index (κ2) is 6.05. The molecule has 1 saturated heterocycles. The van der Waals surface area contributed by atoms with Crippen molar-refractivity contribution in [1.82, 2.24) is 10.2 Å². The Bertz CT molecular complexity index is 282. The fourth-order valence-corrected chi connectivity index (χ4v) is 3.33. The summed E-state index contributed by atoms with van der Waals surface area (Å²) in [6, 6.07) is 1.36. The molecule has 1 saturated carbocycles. The van der Waals surface area contributed by atoms with Gasteiger partial charge >= 0.3 is 0 Å². The predicted octanol–water partition coefficient (Wildman–Crippen LogP) is 2.41. The van der Waals surface area contributed by atoms with Gasteiger partial charge in [-0.2, -0.15) is 0 Å². The summed E-state index contributed by atoms with van der Waals surface area (Å²) in [4.78, 5) is 13.9. The lowest BCUT2D eigenvalue weighted by molar-refractivity contribution is -0.135. The van der Waals surface area contributed by atoms with Crippen molar-refractivity contribution >= 4 is 5.91 Å². The summed E-state index contributed by atoms with van der Waals surface area (Å²) < 4.78 is 0. The van der Waals surface area contributed by atoms with Gasteiger partial charge in [0.05, 0.1) is 0 Å². The Kier molecular flexibility index (Phi) is 4.66. The largest absolute Gasteiger partial charge is 0.342 e. The average Bonchev–Trinajstić information content (AvgIpc) is 2.75. The van der Waals surface area contributed by atoms with Gasteiger partial charge in [0.25, 0.3) is 0 Å². The Hall–Kier alpha value is -0.570. The van der Waals surface area contributed by atoms with E-state index in [1.165, 1.54) is 19.3 Å². The van der Waals surface area contributed by atoms with Crippen molar-refractivity contribution in [3.8, 4) is 0 Å². The van der Waals surface area contributed by atoms with Gasteiger partial charge in [-0.1, -0.05) is 27.2 Å². The van der Waals surface area contributed by atoms with Gasteiger partial charge in [-0.3, -0.25) is 4.79 Å². The number of hydrogen-bond acceptors (Lipinski definition) is 2. The van der Waals surface area contributed by atoms with Gasteiger partial charge in [0, 0.05) is 31.1 Å². The highest BCUT2D eigenvalue weighted by Crippen LogP contribution is 2.26. The van der Waals surface area contributed by atoms with Crippen LogP contribution in [0.4, 0.5) is 0 Å². The molecule has 2 atom stereocenters. The summed E-state index contributed by atoms with van der Waals surface area (Å²) in [5.41, 5.74) is 0. The maximum Gasteiger partial charge on any atom is 0.225 e. The maximum atomic E-state index is 11.9. The van der Waals surface area contributed by atoms with Crippen molar-refractivity contribution in [3.63, 3.8) is 0 Å². The van der Waals surface area contributed by atoms with Crippen LogP contribution in [0.5, 0.6) is 0 Å². The predicted molar refractivity (Wildman–Crippen MR) is 74.4 cm³/mol. The van der Waals surface area contributed by atoms with Crippen LogP contribution in [0, 0.1) is 11.8 Å². The number of carbonyl (C=O) groups is 1. The zero-order valence-corrected chi connectivity index (χ0v) is 12.1. The molecule has 1 N–H and O–H groups in total. The number of rotatable bonds is 3. The molecule has 1 aliphatic carbocycles. The molecule has 0 aromatic rings. The molecular formula is C15H28N2O. The van der Waals surface area contributed by atoms with Crippen molar-refractivity contribution in [2.24, 2.45) is 11.8 Å². The Morgan fingerprint density at radius 2 is 1.83 bits per heavy atom. The van der Waals surface area contributed by atoms with Crippen LogP contribution in [0.2, 0.25) is 0 Å². The first-order valence-corrected chi connectivity index (χ1v) is 7.62. The van der Waals surface area contributed by atoms with Gasteiger partial charge in [0.1, 0.15) is 0 Å². The number of nitrogens with zero attached hydrogens (tertiary/aromatic N) is 1. The Labute approximate surface area is 111 Å². The van der Waals surface area contributed by atoms with Crippen molar-refractivity contribution < 1.29 is 4.79 Å². The fraction of sp³-hybridized carbons (Fsp3) is 0.933. The van der Waals surface area contributed by atoms with Crippen LogP contribution in [0.15, 0.2) is 0 Å². The summed E-state index contributed by atoms with van der Waals surface area (Å²) in [5.74, 6) is 1.30. The molecule has 1 amide bonds. The third-order valence-corrected chi connectivity index (χ3v) is 4.61. The molecular weight excluding hydrogens is 224 g/mol. The molecule has 3 heteroatoms. The van der Waals surface area contributed by atoms with Crippen LogP contribution < -0.4 is 5.32 Å². The second-order valence-electron chi connectivity index (χ2n) is 6.44. The molecule has 18 heavy (non-hydrogen) atoms. The molecule has 104 valence electrons. The lowest BCUT2D eigenvalue weighted by atomic mass is 9.99. The third kappa shape index (κ3) is 3.25. The molecule has 1 aliphatic heterocycles. The number of amides is 1. The molecule has 0 aromatic carbocycles. The first-order chi connectivity index (χ1) is 8.58. The first kappa shape index (κ1) is 13.9. The van der Waals surface area contributed by atoms with Crippen LogP contribution in [0.3, 0.4) is 0 Å². The lowest BCUT2D eigenvalue weighted by Crippen LogP contribution is -2.49. The zero-order chi connectivity index (χ0) is 13.1. The van der Waals surface area contributed by atoms with Crippen LogP contribution in [0.1, 0.15) is 52.9 Å². The molecule has 2 unspecified atom stereocenters. The van der Waals surface area contributed by atoms with Crippen molar-refractivity contribution in [2.45, 2.75) is 65.0 Å². The monoisotopic (exact) mass is 252 g/mol. The van der Waals surface area contributed by atoms with Crippen LogP contribution >= 0.6 is 0 Å². The lowest BCUT2D eigenvalue weighted by Gasteiger charge is -2.35. The first-order valence-electron chi connectivity index (χ1n) is 7.62. The van der Waals surface area contributed by atoms with E-state index in [9.17, 15) is 4.79 Å². The Morgan fingerprint density at radius 3 is 2.33 bits per heavy atom. The molecule has 0 aromatic heterocycles. The second-order valence-corrected chi connectivity index (χ2v) is 6.44. The molecule has 1 heterocycles. The number of carbonyl (C=O) groups excluding carboxylic acids is 1. The minimum Gasteiger partial charge on any atom is -0.342 e. The Balaban J connectivity index is 1.75. The number of piperidine rings is 1. The molecule has 3 nitrogen and oxygen atoms in total. The standard InChI is InChI=1S/C15H28N2O/c1-11(2)15(18)17-9-7-13(8-10-17)16-14-6-4-5-12(14)3/h11-14,16H,4-10H2,1-3H3. The van der Waals surface area contributed by atoms with Gasteiger partial charge in [-0.15, -0.1) is 0 Å². The van der Waals surface area contributed by atoms with Gasteiger partial charge < -0.3 is 10.2 Å². The highest BCUT2D eigenvalue weighted by atomic mass is 16.2. The zero-order valence-electron chi connectivity index (χ0n) is 12.1. The number of nitrogens with one attached hydrogen (secondary N) is 1. The fourth-order valence-electron chi connectivity index (χ4n) is 3.33. The van der Waals surface area contributed by atoms with E-state index in [1.54, 1.807) is 0 Å². The van der Waals surface area contributed by atoms with Crippen LogP contribution in [-0.4, -0.2) is 36.0 Å². The molecule has 0 spiro atoms. The van der Waals surface area contributed by atoms with Gasteiger partial charge in [-0.25, -0.2) is 0 Å². The quantitative estimate of drug-likeness (QED) is 0.836. The number of hydrogen-bond donors (Lipinski definition) is 1. The van der Waals surface area contributed by atoms with Crippen molar-refractivity contribution in [1.29, 1.82) is 0 Å². The highest BCUT2D eigenvalue weighted by Gasteiger charge is 2.29. The average molecular weight is 252 g/mol. The van der Waals surface area contributed by atoms with Gasteiger partial charge in [0.2, 0.25) is 5.91 Å². The highest BCUT2D eigenvalue weighted by molar-refractivity contribution is 5.78. The summed E-state index contributed by atoms with van der Waals surface area (Å²) >= 11 is 0. The molecule has 0 radical (unpaired) electrons. The summed E-state index contributed by atoms with van der Waals surface area (Å²) in [5, 5.41) is 3.82. The van der Waals surface area contributed by atoms with E-state index in [0.717, 1.165) is 37.9 Å². The van der Waals surface area contributed by atoms with Crippen molar-refractivity contribution in [3.05, 3.63) is 0 Å².